The van der Waals surface area contributed by atoms with Crippen LogP contribution in [0.2, 0.25) is 0 Å². The molecule has 11 heavy (non-hydrogen) atoms. The van der Waals surface area contributed by atoms with Crippen molar-refractivity contribution in [1.82, 2.24) is 0 Å². The third-order valence-electron chi connectivity index (χ3n) is 2.47. The summed E-state index contributed by atoms with van der Waals surface area (Å²) in [5.74, 6) is -3.05. The summed E-state index contributed by atoms with van der Waals surface area (Å²) in [6.07, 6.45) is 4.31. The van der Waals surface area contributed by atoms with Crippen molar-refractivity contribution in [3.63, 3.8) is 0 Å². The highest BCUT2D eigenvalue weighted by molar-refractivity contribution is 4.80. The lowest BCUT2D eigenvalue weighted by molar-refractivity contribution is -0.0616. The quantitative estimate of drug-likeness (QED) is 0.663. The van der Waals surface area contributed by atoms with Gasteiger partial charge in [-0.15, -0.1) is 0 Å². The maximum Gasteiger partial charge on any atom is 0.262 e. The van der Waals surface area contributed by atoms with Gasteiger partial charge in [-0.25, -0.2) is 8.78 Å². The van der Waals surface area contributed by atoms with Crippen molar-refractivity contribution in [2.45, 2.75) is 38.0 Å². The second-order valence-electron chi connectivity index (χ2n) is 3.30. The number of alkyl halides is 2. The predicted molar refractivity (Wildman–Crippen MR) is 40.6 cm³/mol. The summed E-state index contributed by atoms with van der Waals surface area (Å²) < 4.78 is 25.8. The Morgan fingerprint density at radius 3 is 2.18 bits per heavy atom. The molecule has 3 heteroatoms. The molecule has 1 aliphatic rings. The standard InChI is InChI=1S/C8H15F2N/c9-8(10,6-11)7-4-2-1-3-5-7/h7H,1-6,11H2. The van der Waals surface area contributed by atoms with Gasteiger partial charge in [0.25, 0.3) is 5.92 Å². The molecule has 0 aromatic rings. The molecule has 0 bridgehead atoms. The number of hydrogen-bond acceptors (Lipinski definition) is 1. The summed E-state index contributed by atoms with van der Waals surface area (Å²) in [7, 11) is 0. The summed E-state index contributed by atoms with van der Waals surface area (Å²) in [5, 5.41) is 0. The van der Waals surface area contributed by atoms with E-state index in [0.29, 0.717) is 12.8 Å². The number of nitrogens with two attached hydrogens (primary N) is 1. The van der Waals surface area contributed by atoms with E-state index in [1.54, 1.807) is 0 Å². The van der Waals surface area contributed by atoms with Crippen molar-refractivity contribution in [3.05, 3.63) is 0 Å². The molecule has 66 valence electrons. The monoisotopic (exact) mass is 163 g/mol. The van der Waals surface area contributed by atoms with Crippen molar-refractivity contribution < 1.29 is 8.78 Å². The smallest absolute Gasteiger partial charge is 0.262 e. The first kappa shape index (κ1) is 8.91. The van der Waals surface area contributed by atoms with Gasteiger partial charge in [0.15, 0.2) is 0 Å². The Morgan fingerprint density at radius 1 is 1.18 bits per heavy atom. The Labute approximate surface area is 66.0 Å². The first-order chi connectivity index (χ1) is 5.17. The first-order valence-electron chi connectivity index (χ1n) is 4.24. The van der Waals surface area contributed by atoms with Crippen molar-refractivity contribution >= 4 is 0 Å². The van der Waals surface area contributed by atoms with Gasteiger partial charge in [0.2, 0.25) is 0 Å². The maximum atomic E-state index is 12.9. The Balaban J connectivity index is 2.43. The summed E-state index contributed by atoms with van der Waals surface area (Å²) >= 11 is 0. The van der Waals surface area contributed by atoms with Crippen LogP contribution < -0.4 is 5.73 Å². The minimum absolute atomic E-state index is 0.443. The van der Waals surface area contributed by atoms with Gasteiger partial charge in [-0.3, -0.25) is 0 Å². The minimum Gasteiger partial charge on any atom is -0.325 e. The Morgan fingerprint density at radius 2 is 1.73 bits per heavy atom. The van der Waals surface area contributed by atoms with Crippen LogP contribution in [0.15, 0.2) is 0 Å². The van der Waals surface area contributed by atoms with Gasteiger partial charge in [-0.2, -0.15) is 0 Å². The molecular formula is C8H15F2N. The van der Waals surface area contributed by atoms with Crippen molar-refractivity contribution in [1.29, 1.82) is 0 Å². The molecule has 1 nitrogen and oxygen atoms in total. The van der Waals surface area contributed by atoms with E-state index in [2.05, 4.69) is 0 Å². The second kappa shape index (κ2) is 3.48. The van der Waals surface area contributed by atoms with Gasteiger partial charge >= 0.3 is 0 Å². The molecular weight excluding hydrogens is 148 g/mol. The molecule has 0 saturated heterocycles. The minimum atomic E-state index is -2.61. The molecule has 0 heterocycles. The summed E-state index contributed by atoms with van der Waals surface area (Å²) in [6.45, 7) is -0.488. The van der Waals surface area contributed by atoms with Crippen molar-refractivity contribution in [2.24, 2.45) is 11.7 Å². The largest absolute Gasteiger partial charge is 0.325 e. The molecule has 1 rings (SSSR count). The molecule has 1 aliphatic carbocycles. The fraction of sp³-hybridized carbons (Fsp3) is 1.00. The van der Waals surface area contributed by atoms with Crippen LogP contribution in [-0.2, 0) is 0 Å². The molecule has 0 atom stereocenters. The van der Waals surface area contributed by atoms with Crippen LogP contribution in [0.1, 0.15) is 32.1 Å². The summed E-state index contributed by atoms with van der Waals surface area (Å²) in [5.41, 5.74) is 4.99. The normalized spacial score (nSPS) is 22.1. The zero-order valence-corrected chi connectivity index (χ0v) is 6.65. The van der Waals surface area contributed by atoms with Crippen molar-refractivity contribution in [3.8, 4) is 0 Å². The highest BCUT2D eigenvalue weighted by Gasteiger charge is 2.37. The summed E-state index contributed by atoms with van der Waals surface area (Å²) in [4.78, 5) is 0. The van der Waals surface area contributed by atoms with Gasteiger partial charge in [0, 0.05) is 5.92 Å². The van der Waals surface area contributed by atoms with E-state index in [1.807, 2.05) is 0 Å². The third-order valence-corrected chi connectivity index (χ3v) is 2.47. The molecule has 1 fully saturated rings. The topological polar surface area (TPSA) is 26.0 Å². The fourth-order valence-corrected chi connectivity index (χ4v) is 1.69. The number of halogens is 2. The highest BCUT2D eigenvalue weighted by atomic mass is 19.3. The van der Waals surface area contributed by atoms with E-state index >= 15 is 0 Å². The fourth-order valence-electron chi connectivity index (χ4n) is 1.69. The molecule has 0 aromatic carbocycles. The van der Waals surface area contributed by atoms with E-state index < -0.39 is 18.4 Å². The molecule has 2 N–H and O–H groups in total. The Kier molecular flexibility index (Phi) is 2.82. The molecule has 0 spiro atoms. The van der Waals surface area contributed by atoms with E-state index in [4.69, 9.17) is 5.73 Å². The third kappa shape index (κ3) is 2.12. The van der Waals surface area contributed by atoms with Crippen LogP contribution in [0.5, 0.6) is 0 Å². The summed E-state index contributed by atoms with van der Waals surface area (Å²) in [6, 6.07) is 0. The lowest BCUT2D eigenvalue weighted by atomic mass is 9.85. The zero-order chi connectivity index (χ0) is 8.32. The van der Waals surface area contributed by atoms with Crippen LogP contribution in [-0.4, -0.2) is 12.5 Å². The molecule has 0 aromatic heterocycles. The van der Waals surface area contributed by atoms with Crippen molar-refractivity contribution in [2.75, 3.05) is 6.54 Å². The van der Waals surface area contributed by atoms with Gasteiger partial charge < -0.3 is 5.73 Å². The molecule has 1 saturated carbocycles. The Hall–Kier alpha value is -0.180. The first-order valence-corrected chi connectivity index (χ1v) is 4.24. The lowest BCUT2D eigenvalue weighted by Crippen LogP contribution is -2.37. The van der Waals surface area contributed by atoms with Gasteiger partial charge in [-0.05, 0) is 12.8 Å². The molecule has 0 aliphatic heterocycles. The predicted octanol–water partition coefficient (Wildman–Crippen LogP) is 2.16. The van der Waals surface area contributed by atoms with Crippen LogP contribution >= 0.6 is 0 Å². The van der Waals surface area contributed by atoms with Gasteiger partial charge in [0.1, 0.15) is 0 Å². The number of hydrogen-bond donors (Lipinski definition) is 1. The second-order valence-corrected chi connectivity index (χ2v) is 3.30. The lowest BCUT2D eigenvalue weighted by Gasteiger charge is -2.28. The average molecular weight is 163 g/mol. The van der Waals surface area contributed by atoms with E-state index in [0.717, 1.165) is 19.3 Å². The van der Waals surface area contributed by atoms with Crippen LogP contribution in [0.3, 0.4) is 0 Å². The van der Waals surface area contributed by atoms with E-state index in [9.17, 15) is 8.78 Å². The van der Waals surface area contributed by atoms with Gasteiger partial charge in [-0.1, -0.05) is 19.3 Å². The highest BCUT2D eigenvalue weighted by Crippen LogP contribution is 2.35. The maximum absolute atomic E-state index is 12.9. The molecule has 0 amide bonds. The van der Waals surface area contributed by atoms with Crippen LogP contribution in [0, 0.1) is 5.92 Å². The SMILES string of the molecule is NCC(F)(F)C1CCCCC1. The molecule has 0 radical (unpaired) electrons. The zero-order valence-electron chi connectivity index (χ0n) is 6.65. The Bertz CT molecular complexity index is 119. The average Bonchev–Trinajstić information content (AvgIpc) is 2.06. The van der Waals surface area contributed by atoms with Crippen LogP contribution in [0.4, 0.5) is 8.78 Å². The molecule has 0 unspecified atom stereocenters. The van der Waals surface area contributed by atoms with Gasteiger partial charge in [0.05, 0.1) is 6.54 Å². The van der Waals surface area contributed by atoms with Crippen LogP contribution in [0.25, 0.3) is 0 Å². The van der Waals surface area contributed by atoms with E-state index in [-0.39, 0.29) is 0 Å². The number of rotatable bonds is 2. The van der Waals surface area contributed by atoms with E-state index in [1.165, 1.54) is 0 Å².